The number of carbonyl (C=O) groups is 1. The maximum Gasteiger partial charge on any atom is 0.257 e. The van der Waals surface area contributed by atoms with Gasteiger partial charge in [0, 0.05) is 19.8 Å². The Labute approximate surface area is 95.2 Å². The molecule has 5 heteroatoms. The van der Waals surface area contributed by atoms with E-state index < -0.39 is 0 Å². The van der Waals surface area contributed by atoms with Crippen molar-refractivity contribution in [3.05, 3.63) is 24.0 Å². The van der Waals surface area contributed by atoms with Gasteiger partial charge in [0.05, 0.1) is 18.9 Å². The van der Waals surface area contributed by atoms with Crippen molar-refractivity contribution in [1.82, 2.24) is 9.88 Å². The summed E-state index contributed by atoms with van der Waals surface area (Å²) < 4.78 is 5.09. The fourth-order valence-corrected chi connectivity index (χ4v) is 1.35. The number of ether oxygens (including phenoxy) is 1. The Bertz CT molecular complexity index is 355. The number of rotatable bonds is 5. The second-order valence-corrected chi connectivity index (χ2v) is 3.44. The van der Waals surface area contributed by atoms with Gasteiger partial charge in [-0.05, 0) is 19.0 Å². The summed E-state index contributed by atoms with van der Waals surface area (Å²) in [4.78, 5) is 17.5. The average Bonchev–Trinajstić information content (AvgIpc) is 2.34. The zero-order valence-electron chi connectivity index (χ0n) is 9.64. The van der Waals surface area contributed by atoms with Crippen LogP contribution in [-0.2, 0) is 0 Å². The number of methoxy groups -OCH3 is 1. The van der Waals surface area contributed by atoms with Gasteiger partial charge in [0.1, 0.15) is 5.75 Å². The van der Waals surface area contributed by atoms with E-state index >= 15 is 0 Å². The number of nitrogens with two attached hydrogens (primary N) is 1. The van der Waals surface area contributed by atoms with Crippen molar-refractivity contribution in [3.63, 3.8) is 0 Å². The topological polar surface area (TPSA) is 68.5 Å². The molecule has 1 amide bonds. The summed E-state index contributed by atoms with van der Waals surface area (Å²) in [7, 11) is 3.27. The molecule has 0 aliphatic heterocycles. The second-order valence-electron chi connectivity index (χ2n) is 3.44. The highest BCUT2D eigenvalue weighted by atomic mass is 16.5. The van der Waals surface area contributed by atoms with Gasteiger partial charge in [-0.1, -0.05) is 0 Å². The van der Waals surface area contributed by atoms with Gasteiger partial charge in [-0.25, -0.2) is 0 Å². The molecule has 0 atom stereocenters. The van der Waals surface area contributed by atoms with Crippen molar-refractivity contribution in [2.75, 3.05) is 27.2 Å². The molecule has 0 saturated carbocycles. The van der Waals surface area contributed by atoms with E-state index in [0.717, 1.165) is 6.42 Å². The van der Waals surface area contributed by atoms with Crippen molar-refractivity contribution in [2.45, 2.75) is 6.42 Å². The zero-order chi connectivity index (χ0) is 12.0. The van der Waals surface area contributed by atoms with Crippen LogP contribution in [0, 0.1) is 0 Å². The Morgan fingerprint density at radius 3 is 3.00 bits per heavy atom. The van der Waals surface area contributed by atoms with Gasteiger partial charge >= 0.3 is 0 Å². The van der Waals surface area contributed by atoms with Crippen LogP contribution in [0.4, 0.5) is 0 Å². The molecule has 0 aliphatic rings. The molecule has 0 aromatic carbocycles. The van der Waals surface area contributed by atoms with E-state index in [4.69, 9.17) is 10.5 Å². The van der Waals surface area contributed by atoms with E-state index in [-0.39, 0.29) is 5.91 Å². The van der Waals surface area contributed by atoms with Gasteiger partial charge in [0.2, 0.25) is 0 Å². The molecule has 0 saturated heterocycles. The normalized spacial score (nSPS) is 9.94. The molecule has 0 spiro atoms. The lowest BCUT2D eigenvalue weighted by molar-refractivity contribution is 0.0791. The van der Waals surface area contributed by atoms with Crippen LogP contribution >= 0.6 is 0 Å². The highest BCUT2D eigenvalue weighted by Crippen LogP contribution is 2.17. The quantitative estimate of drug-likeness (QED) is 0.789. The van der Waals surface area contributed by atoms with E-state index in [9.17, 15) is 4.79 Å². The van der Waals surface area contributed by atoms with Crippen molar-refractivity contribution in [1.29, 1.82) is 0 Å². The number of carbonyl (C=O) groups excluding carboxylic acids is 1. The second kappa shape index (κ2) is 6.07. The van der Waals surface area contributed by atoms with Crippen LogP contribution in [0.5, 0.6) is 5.75 Å². The van der Waals surface area contributed by atoms with E-state index in [1.807, 2.05) is 0 Å². The summed E-state index contributed by atoms with van der Waals surface area (Å²) in [5, 5.41) is 0. The molecule has 2 N–H and O–H groups in total. The molecule has 0 fully saturated rings. The van der Waals surface area contributed by atoms with Crippen LogP contribution in [-0.4, -0.2) is 43.0 Å². The van der Waals surface area contributed by atoms with Gasteiger partial charge in [0.25, 0.3) is 5.91 Å². The molecular formula is C11H17N3O2. The largest absolute Gasteiger partial charge is 0.494 e. The monoisotopic (exact) mass is 223 g/mol. The molecule has 1 aromatic rings. The number of nitrogens with zero attached hydrogens (tertiary/aromatic N) is 2. The third-order valence-electron chi connectivity index (χ3n) is 2.28. The van der Waals surface area contributed by atoms with Crippen molar-refractivity contribution in [2.24, 2.45) is 5.73 Å². The minimum atomic E-state index is -0.0762. The first-order valence-electron chi connectivity index (χ1n) is 5.14. The molecule has 16 heavy (non-hydrogen) atoms. The zero-order valence-corrected chi connectivity index (χ0v) is 9.64. The molecule has 0 unspecified atom stereocenters. The molecular weight excluding hydrogens is 206 g/mol. The third kappa shape index (κ3) is 2.93. The summed E-state index contributed by atoms with van der Waals surface area (Å²) in [5.41, 5.74) is 5.92. The molecule has 1 aromatic heterocycles. The van der Waals surface area contributed by atoms with Crippen molar-refractivity contribution >= 4 is 5.91 Å². The predicted molar refractivity (Wildman–Crippen MR) is 61.4 cm³/mol. The van der Waals surface area contributed by atoms with Crippen LogP contribution in [0.3, 0.4) is 0 Å². The number of pyridine rings is 1. The SMILES string of the molecule is COc1cnccc1C(=O)N(C)CCCN. The van der Waals surface area contributed by atoms with Crippen molar-refractivity contribution < 1.29 is 9.53 Å². The lowest BCUT2D eigenvalue weighted by Gasteiger charge is -2.17. The lowest BCUT2D eigenvalue weighted by Crippen LogP contribution is -2.29. The Kier molecular flexibility index (Phi) is 4.72. The van der Waals surface area contributed by atoms with E-state index in [1.165, 1.54) is 13.3 Å². The van der Waals surface area contributed by atoms with Gasteiger partial charge in [-0.2, -0.15) is 0 Å². The lowest BCUT2D eigenvalue weighted by atomic mass is 10.2. The first-order chi connectivity index (χ1) is 7.70. The summed E-state index contributed by atoms with van der Waals surface area (Å²) in [6, 6.07) is 1.65. The van der Waals surface area contributed by atoms with Crippen LogP contribution in [0.1, 0.15) is 16.8 Å². The highest BCUT2D eigenvalue weighted by molar-refractivity contribution is 5.96. The molecule has 88 valence electrons. The van der Waals surface area contributed by atoms with E-state index in [0.29, 0.717) is 24.4 Å². The molecule has 0 radical (unpaired) electrons. The third-order valence-corrected chi connectivity index (χ3v) is 2.28. The molecule has 0 bridgehead atoms. The fraction of sp³-hybridized carbons (Fsp3) is 0.455. The molecule has 0 aliphatic carbocycles. The summed E-state index contributed by atoms with van der Waals surface area (Å²) in [6.45, 7) is 1.21. The van der Waals surface area contributed by atoms with Crippen LogP contribution in [0.25, 0.3) is 0 Å². The molecule has 1 heterocycles. The Balaban J connectivity index is 2.79. The fourth-order valence-electron chi connectivity index (χ4n) is 1.35. The molecule has 1 rings (SSSR count). The smallest absolute Gasteiger partial charge is 0.257 e. The van der Waals surface area contributed by atoms with Crippen LogP contribution < -0.4 is 10.5 Å². The first-order valence-corrected chi connectivity index (χ1v) is 5.14. The Morgan fingerprint density at radius 1 is 1.62 bits per heavy atom. The van der Waals surface area contributed by atoms with E-state index in [1.54, 1.807) is 24.2 Å². The average molecular weight is 223 g/mol. The van der Waals surface area contributed by atoms with E-state index in [2.05, 4.69) is 4.98 Å². The Hall–Kier alpha value is -1.62. The minimum absolute atomic E-state index is 0.0762. The standard InChI is InChI=1S/C11H17N3O2/c1-14(7-3-5-12)11(15)9-4-6-13-8-10(9)16-2/h4,6,8H,3,5,7,12H2,1-2H3. The number of hydrogen-bond acceptors (Lipinski definition) is 4. The maximum absolute atomic E-state index is 12.0. The van der Waals surface area contributed by atoms with Crippen LogP contribution in [0.15, 0.2) is 18.5 Å². The number of hydrogen-bond donors (Lipinski definition) is 1. The predicted octanol–water partition coefficient (Wildman–Crippen LogP) is 0.511. The minimum Gasteiger partial charge on any atom is -0.494 e. The van der Waals surface area contributed by atoms with Gasteiger partial charge < -0.3 is 15.4 Å². The van der Waals surface area contributed by atoms with Gasteiger partial charge in [-0.3, -0.25) is 9.78 Å². The molecule has 5 nitrogen and oxygen atoms in total. The highest BCUT2D eigenvalue weighted by Gasteiger charge is 2.15. The number of aromatic nitrogens is 1. The van der Waals surface area contributed by atoms with Gasteiger partial charge in [-0.15, -0.1) is 0 Å². The first kappa shape index (κ1) is 12.4. The van der Waals surface area contributed by atoms with Crippen molar-refractivity contribution in [3.8, 4) is 5.75 Å². The number of amides is 1. The summed E-state index contributed by atoms with van der Waals surface area (Å²) >= 11 is 0. The van der Waals surface area contributed by atoms with Crippen LogP contribution in [0.2, 0.25) is 0 Å². The van der Waals surface area contributed by atoms with Gasteiger partial charge in [0.15, 0.2) is 0 Å². The summed E-state index contributed by atoms with van der Waals surface area (Å²) in [5.74, 6) is 0.416. The summed E-state index contributed by atoms with van der Waals surface area (Å²) in [6.07, 6.45) is 3.90. The maximum atomic E-state index is 12.0. The Morgan fingerprint density at radius 2 is 2.38 bits per heavy atom.